The summed E-state index contributed by atoms with van der Waals surface area (Å²) < 4.78 is 12.8. The van der Waals surface area contributed by atoms with Crippen molar-refractivity contribution in [2.45, 2.75) is 101 Å². The maximum absolute atomic E-state index is 13.1. The molecule has 9 atom stereocenters. The quantitative estimate of drug-likeness (QED) is 0.335. The van der Waals surface area contributed by atoms with Gasteiger partial charge in [0.05, 0.1) is 23.7 Å². The van der Waals surface area contributed by atoms with Crippen molar-refractivity contribution in [2.75, 3.05) is 0 Å². The number of rotatable bonds is 3. The molecule has 3 N–H and O–H groups in total. The molecule has 1 aromatic carbocycles. The maximum Gasteiger partial charge on any atom is 0.331 e. The van der Waals surface area contributed by atoms with Crippen LogP contribution in [-0.2, 0) is 14.3 Å². The molecule has 0 bridgehead atoms. The van der Waals surface area contributed by atoms with Gasteiger partial charge in [0.2, 0.25) is 0 Å². The minimum atomic E-state index is -1.47. The Morgan fingerprint density at radius 2 is 1.89 bits per heavy atom. The van der Waals surface area contributed by atoms with Gasteiger partial charge in [-0.1, -0.05) is 55.8 Å². The van der Waals surface area contributed by atoms with Crippen LogP contribution >= 0.6 is 0 Å². The zero-order valence-electron chi connectivity index (χ0n) is 21.4. The van der Waals surface area contributed by atoms with Gasteiger partial charge in [-0.25, -0.2) is 4.79 Å². The molecular formula is C30H38O6. The second kappa shape index (κ2) is 7.76. The molecule has 5 aliphatic rings. The molecule has 0 radical (unpaired) electrons. The lowest BCUT2D eigenvalue weighted by Gasteiger charge is -2.65. The van der Waals surface area contributed by atoms with Crippen LogP contribution in [0.25, 0.3) is 6.08 Å². The minimum absolute atomic E-state index is 0.199. The standard InChI is InChI=1S/C30H38O6/c1-19-29(36-25(32)10-9-20-7-5-4-6-8-20)15-16-30(34)27(29,3)24(35-19)18-23-26(2)13-12-22(31)17-21(26)11-14-28(23,30)33/h4-11,19,22-24,31,33-34H,12-18H2,1-3H3/b10-9+/t19-,22+,23-,24-,26+,27-,28+,29-,30-/m1/s1. The van der Waals surface area contributed by atoms with Crippen molar-refractivity contribution in [3.05, 3.63) is 53.6 Å². The number of carbonyl (C=O) groups excluding carboxylic acids is 1. The molecule has 4 fully saturated rings. The smallest absolute Gasteiger partial charge is 0.331 e. The number of ether oxygens (including phenoxy) is 2. The van der Waals surface area contributed by atoms with Crippen LogP contribution in [0.1, 0.15) is 71.3 Å². The summed E-state index contributed by atoms with van der Waals surface area (Å²) in [5.74, 6) is -0.663. The summed E-state index contributed by atoms with van der Waals surface area (Å²) in [4.78, 5) is 13.1. The van der Waals surface area contributed by atoms with Crippen LogP contribution in [0.4, 0.5) is 0 Å². The van der Waals surface area contributed by atoms with Crippen molar-refractivity contribution < 1.29 is 29.6 Å². The Labute approximate surface area is 213 Å². The van der Waals surface area contributed by atoms with E-state index in [1.54, 1.807) is 6.08 Å². The van der Waals surface area contributed by atoms with E-state index in [4.69, 9.17) is 9.47 Å². The zero-order valence-corrected chi connectivity index (χ0v) is 21.4. The normalized spacial score (nSPS) is 49.2. The van der Waals surface area contributed by atoms with Crippen molar-refractivity contribution in [3.63, 3.8) is 0 Å². The highest BCUT2D eigenvalue weighted by atomic mass is 16.6. The van der Waals surface area contributed by atoms with Gasteiger partial charge < -0.3 is 24.8 Å². The summed E-state index contributed by atoms with van der Waals surface area (Å²) in [5.41, 5.74) is -3.02. The molecule has 6 heteroatoms. The number of fused-ring (bicyclic) bond motifs is 4. The van der Waals surface area contributed by atoms with Gasteiger partial charge in [0.25, 0.3) is 0 Å². The SMILES string of the molecule is C[C@H]1O[C@@H]2C[C@@H]3[C@@]4(C)CC[C@H](O)CC4=CC[C@@]3(O)[C@@]3(O)CC[C@]1(OC(=O)/C=C/c1ccccc1)[C@@]23C. The molecule has 6 rings (SSSR count). The molecule has 0 aromatic heterocycles. The van der Waals surface area contributed by atoms with Crippen molar-refractivity contribution in [2.24, 2.45) is 16.7 Å². The maximum atomic E-state index is 13.1. The van der Waals surface area contributed by atoms with E-state index in [0.717, 1.165) is 12.0 Å². The van der Waals surface area contributed by atoms with E-state index in [9.17, 15) is 20.1 Å². The van der Waals surface area contributed by atoms with Gasteiger partial charge in [-0.3, -0.25) is 0 Å². The first-order valence-electron chi connectivity index (χ1n) is 13.4. The van der Waals surface area contributed by atoms with Crippen LogP contribution in [0.2, 0.25) is 0 Å². The van der Waals surface area contributed by atoms with E-state index in [0.29, 0.717) is 38.5 Å². The fourth-order valence-corrected chi connectivity index (χ4v) is 9.04. The van der Waals surface area contributed by atoms with Gasteiger partial charge in [-0.15, -0.1) is 0 Å². The largest absolute Gasteiger partial charge is 0.452 e. The predicted octanol–water partition coefficient (Wildman–Crippen LogP) is 3.93. The first-order valence-corrected chi connectivity index (χ1v) is 13.4. The second-order valence-corrected chi connectivity index (χ2v) is 12.3. The van der Waals surface area contributed by atoms with Crippen molar-refractivity contribution in [3.8, 4) is 0 Å². The Hall–Kier alpha value is -1.99. The third-order valence-electron chi connectivity index (χ3n) is 11.1. The molecule has 4 aliphatic carbocycles. The molecule has 1 aromatic rings. The molecule has 0 spiro atoms. The lowest BCUT2D eigenvalue weighted by Crippen LogP contribution is -2.76. The van der Waals surface area contributed by atoms with Gasteiger partial charge in [0.15, 0.2) is 0 Å². The summed E-state index contributed by atoms with van der Waals surface area (Å²) in [6.07, 6.45) is 7.91. The first kappa shape index (κ1) is 24.4. The number of benzene rings is 1. The topological polar surface area (TPSA) is 96.2 Å². The van der Waals surface area contributed by atoms with Crippen LogP contribution in [0.15, 0.2) is 48.1 Å². The van der Waals surface area contributed by atoms with Gasteiger partial charge in [-0.2, -0.15) is 0 Å². The number of aliphatic hydroxyl groups excluding tert-OH is 1. The summed E-state index contributed by atoms with van der Waals surface area (Å²) in [6.45, 7) is 6.07. The molecular weight excluding hydrogens is 456 g/mol. The highest BCUT2D eigenvalue weighted by molar-refractivity contribution is 5.87. The summed E-state index contributed by atoms with van der Waals surface area (Å²) in [5, 5.41) is 35.3. The fraction of sp³-hybridized carbons (Fsp3) is 0.633. The number of hydrogen-bond acceptors (Lipinski definition) is 6. The lowest BCUT2D eigenvalue weighted by atomic mass is 9.43. The van der Waals surface area contributed by atoms with Crippen LogP contribution in [0.3, 0.4) is 0 Å². The average Bonchev–Trinajstić information content (AvgIpc) is 3.22. The lowest BCUT2D eigenvalue weighted by molar-refractivity contribution is -0.295. The van der Waals surface area contributed by atoms with E-state index in [1.807, 2.05) is 44.2 Å². The fourth-order valence-electron chi connectivity index (χ4n) is 9.04. The molecule has 1 aliphatic heterocycles. The zero-order chi connectivity index (χ0) is 25.6. The monoisotopic (exact) mass is 494 g/mol. The third kappa shape index (κ3) is 2.85. The highest BCUT2D eigenvalue weighted by Gasteiger charge is 2.84. The van der Waals surface area contributed by atoms with E-state index < -0.39 is 34.3 Å². The van der Waals surface area contributed by atoms with E-state index >= 15 is 0 Å². The van der Waals surface area contributed by atoms with Crippen LogP contribution < -0.4 is 0 Å². The highest BCUT2D eigenvalue weighted by Crippen LogP contribution is 2.74. The Bertz CT molecular complexity index is 1130. The van der Waals surface area contributed by atoms with Crippen molar-refractivity contribution >= 4 is 12.0 Å². The predicted molar refractivity (Wildman–Crippen MR) is 135 cm³/mol. The minimum Gasteiger partial charge on any atom is -0.452 e. The van der Waals surface area contributed by atoms with Crippen LogP contribution in [0.5, 0.6) is 0 Å². The Kier molecular flexibility index (Phi) is 5.25. The van der Waals surface area contributed by atoms with E-state index in [1.165, 1.54) is 11.6 Å². The van der Waals surface area contributed by atoms with Crippen LogP contribution in [-0.4, -0.2) is 56.4 Å². The molecule has 0 unspecified atom stereocenters. The number of carbonyl (C=O) groups is 1. The summed E-state index contributed by atoms with van der Waals surface area (Å²) >= 11 is 0. The molecule has 1 saturated heterocycles. The van der Waals surface area contributed by atoms with E-state index in [-0.39, 0.29) is 23.5 Å². The van der Waals surface area contributed by atoms with E-state index in [2.05, 4.69) is 13.0 Å². The molecule has 6 nitrogen and oxygen atoms in total. The van der Waals surface area contributed by atoms with Crippen LogP contribution in [0, 0.1) is 16.7 Å². The Morgan fingerprint density at radius 1 is 1.14 bits per heavy atom. The second-order valence-electron chi connectivity index (χ2n) is 12.3. The summed E-state index contributed by atoms with van der Waals surface area (Å²) in [7, 11) is 0. The average molecular weight is 495 g/mol. The number of hydrogen-bond donors (Lipinski definition) is 3. The van der Waals surface area contributed by atoms with Gasteiger partial charge in [0, 0.05) is 12.0 Å². The summed E-state index contributed by atoms with van der Waals surface area (Å²) in [6, 6.07) is 9.59. The molecule has 0 amide bonds. The Balaban J connectivity index is 1.37. The van der Waals surface area contributed by atoms with Gasteiger partial charge in [-0.05, 0) is 68.9 Å². The van der Waals surface area contributed by atoms with Gasteiger partial charge in [0.1, 0.15) is 16.8 Å². The Morgan fingerprint density at radius 3 is 2.64 bits per heavy atom. The molecule has 36 heavy (non-hydrogen) atoms. The van der Waals surface area contributed by atoms with Gasteiger partial charge >= 0.3 is 5.97 Å². The van der Waals surface area contributed by atoms with Crippen molar-refractivity contribution in [1.29, 1.82) is 0 Å². The van der Waals surface area contributed by atoms with Crippen molar-refractivity contribution in [1.82, 2.24) is 0 Å². The number of esters is 1. The molecule has 1 heterocycles. The molecule has 194 valence electrons. The molecule has 3 saturated carbocycles. The third-order valence-corrected chi connectivity index (χ3v) is 11.1. The number of aliphatic hydroxyl groups is 3. The first-order chi connectivity index (χ1) is 17.0.